The summed E-state index contributed by atoms with van der Waals surface area (Å²) in [5.74, 6) is -0.121. The fraction of sp³-hybridized carbons (Fsp3) is 0.125. The quantitative estimate of drug-likeness (QED) is 0.640. The molecule has 0 spiro atoms. The lowest BCUT2D eigenvalue weighted by molar-refractivity contribution is -0.143. The molecule has 0 fully saturated rings. The third kappa shape index (κ3) is 3.12. The van der Waals surface area contributed by atoms with Gasteiger partial charge in [-0.1, -0.05) is 29.3 Å². The van der Waals surface area contributed by atoms with Crippen molar-refractivity contribution in [3.05, 3.63) is 63.8 Å². The van der Waals surface area contributed by atoms with E-state index in [9.17, 15) is 18.3 Å². The maximum Gasteiger partial charge on any atom is 0.432 e. The van der Waals surface area contributed by atoms with Gasteiger partial charge in [0.25, 0.3) is 0 Å². The predicted octanol–water partition coefficient (Wildman–Crippen LogP) is 5.52. The van der Waals surface area contributed by atoms with Crippen LogP contribution >= 0.6 is 23.2 Å². The highest BCUT2D eigenvalue weighted by Crippen LogP contribution is 2.35. The molecule has 0 aliphatic rings. The Morgan fingerprint density at radius 3 is 2.48 bits per heavy atom. The summed E-state index contributed by atoms with van der Waals surface area (Å²) < 4.78 is 40.9. The van der Waals surface area contributed by atoms with E-state index >= 15 is 0 Å². The summed E-state index contributed by atoms with van der Waals surface area (Å²) in [6.45, 7) is -0.0877. The van der Waals surface area contributed by atoms with Crippen LogP contribution in [0.2, 0.25) is 10.0 Å². The average molecular weight is 359 g/mol. The number of fused-ring (bicyclic) bond motifs is 1. The van der Waals surface area contributed by atoms with Gasteiger partial charge in [0.2, 0.25) is 0 Å². The lowest BCUT2D eigenvalue weighted by atomic mass is 10.2. The van der Waals surface area contributed by atoms with E-state index < -0.39 is 11.9 Å². The molecule has 0 atom stereocenters. The normalized spacial score (nSPS) is 12.0. The van der Waals surface area contributed by atoms with Crippen molar-refractivity contribution < 1.29 is 18.3 Å². The second-order valence-electron chi connectivity index (χ2n) is 4.99. The molecule has 119 valence electrons. The Hall–Kier alpha value is -1.85. The Morgan fingerprint density at radius 2 is 1.83 bits per heavy atom. The summed E-state index contributed by atoms with van der Waals surface area (Å²) in [7, 11) is 0. The van der Waals surface area contributed by atoms with Crippen molar-refractivity contribution in [2.45, 2.75) is 12.7 Å². The van der Waals surface area contributed by atoms with E-state index in [2.05, 4.69) is 6.07 Å². The minimum Gasteiger partial charge on any atom is -0.508 e. The van der Waals surface area contributed by atoms with E-state index in [4.69, 9.17) is 23.2 Å². The number of halogens is 5. The Kier molecular flexibility index (Phi) is 3.94. The molecule has 0 saturated heterocycles. The van der Waals surface area contributed by atoms with Gasteiger partial charge in [0, 0.05) is 33.6 Å². The summed E-state index contributed by atoms with van der Waals surface area (Å²) in [5.41, 5.74) is -0.120. The molecule has 1 radical (unpaired) electrons. The van der Waals surface area contributed by atoms with Crippen LogP contribution in [-0.4, -0.2) is 9.67 Å². The van der Waals surface area contributed by atoms with Crippen LogP contribution in [0.5, 0.6) is 5.75 Å². The van der Waals surface area contributed by atoms with Crippen molar-refractivity contribution in [1.82, 2.24) is 4.57 Å². The fourth-order valence-corrected chi connectivity index (χ4v) is 2.85. The molecule has 3 rings (SSSR count). The first-order valence-corrected chi connectivity index (χ1v) is 7.27. The third-order valence-corrected chi connectivity index (χ3v) is 3.99. The average Bonchev–Trinajstić information content (AvgIpc) is 2.79. The van der Waals surface area contributed by atoms with Crippen LogP contribution in [0.3, 0.4) is 0 Å². The summed E-state index contributed by atoms with van der Waals surface area (Å²) in [5, 5.41) is 10.3. The highest BCUT2D eigenvalue weighted by Gasteiger charge is 2.36. The third-order valence-electron chi connectivity index (χ3n) is 3.41. The minimum atomic E-state index is -4.58. The molecule has 0 aliphatic carbocycles. The number of benzene rings is 2. The van der Waals surface area contributed by atoms with E-state index in [0.717, 1.165) is 4.57 Å². The van der Waals surface area contributed by atoms with E-state index in [-0.39, 0.29) is 22.7 Å². The highest BCUT2D eigenvalue weighted by molar-refractivity contribution is 6.35. The molecule has 0 aliphatic heterocycles. The van der Waals surface area contributed by atoms with Crippen LogP contribution < -0.4 is 0 Å². The van der Waals surface area contributed by atoms with Gasteiger partial charge in [0.05, 0.1) is 0 Å². The van der Waals surface area contributed by atoms with Crippen molar-refractivity contribution >= 4 is 34.1 Å². The number of phenolic OH excluding ortho intramolecular Hbond substituents is 1. The number of alkyl halides is 3. The van der Waals surface area contributed by atoms with E-state index in [0.29, 0.717) is 16.1 Å². The largest absolute Gasteiger partial charge is 0.508 e. The summed E-state index contributed by atoms with van der Waals surface area (Å²) in [6.07, 6.45) is -4.58. The van der Waals surface area contributed by atoms with Crippen molar-refractivity contribution in [3.63, 3.8) is 0 Å². The Bertz CT molecular complexity index is 887. The summed E-state index contributed by atoms with van der Waals surface area (Å²) in [4.78, 5) is 0. The lowest BCUT2D eigenvalue weighted by Crippen LogP contribution is -2.14. The topological polar surface area (TPSA) is 25.2 Å². The minimum absolute atomic E-state index is 0.0877. The number of hydrogen-bond acceptors (Lipinski definition) is 1. The molecule has 23 heavy (non-hydrogen) atoms. The number of nitrogens with zero attached hydrogens (tertiary/aromatic N) is 1. The van der Waals surface area contributed by atoms with E-state index in [1.165, 1.54) is 24.3 Å². The molecular weight excluding hydrogens is 350 g/mol. The number of hydrogen-bond donors (Lipinski definition) is 1. The molecule has 0 bridgehead atoms. The van der Waals surface area contributed by atoms with Crippen molar-refractivity contribution in [3.8, 4) is 5.75 Å². The molecule has 1 N–H and O–H groups in total. The van der Waals surface area contributed by atoms with Gasteiger partial charge in [0.1, 0.15) is 11.4 Å². The Morgan fingerprint density at radius 1 is 1.09 bits per heavy atom. The van der Waals surface area contributed by atoms with Crippen LogP contribution in [0.1, 0.15) is 11.3 Å². The first-order chi connectivity index (χ1) is 10.8. The zero-order valence-corrected chi connectivity index (χ0v) is 13.0. The van der Waals surface area contributed by atoms with Crippen LogP contribution in [0.15, 0.2) is 36.4 Å². The molecule has 3 aromatic rings. The molecule has 0 unspecified atom stereocenters. The van der Waals surface area contributed by atoms with Gasteiger partial charge in [-0.05, 0) is 35.9 Å². The van der Waals surface area contributed by atoms with Gasteiger partial charge in [0.15, 0.2) is 0 Å². The summed E-state index contributed by atoms with van der Waals surface area (Å²) in [6, 6.07) is 10.9. The van der Waals surface area contributed by atoms with Gasteiger partial charge in [-0.15, -0.1) is 0 Å². The van der Waals surface area contributed by atoms with E-state index in [1.807, 2.05) is 0 Å². The zero-order chi connectivity index (χ0) is 16.8. The lowest BCUT2D eigenvalue weighted by Gasteiger charge is -2.14. The van der Waals surface area contributed by atoms with Crippen LogP contribution in [-0.2, 0) is 12.7 Å². The smallest absolute Gasteiger partial charge is 0.432 e. The number of aromatic nitrogens is 1. The Labute approximate surface area is 139 Å². The zero-order valence-electron chi connectivity index (χ0n) is 11.5. The molecule has 0 amide bonds. The first-order valence-electron chi connectivity index (χ1n) is 6.51. The van der Waals surface area contributed by atoms with Crippen LogP contribution in [0, 0.1) is 6.07 Å². The predicted molar refractivity (Wildman–Crippen MR) is 83.0 cm³/mol. The van der Waals surface area contributed by atoms with Gasteiger partial charge in [-0.3, -0.25) is 0 Å². The van der Waals surface area contributed by atoms with Crippen molar-refractivity contribution in [2.75, 3.05) is 0 Å². The molecule has 7 heteroatoms. The van der Waals surface area contributed by atoms with Crippen molar-refractivity contribution in [1.29, 1.82) is 0 Å². The van der Waals surface area contributed by atoms with Crippen molar-refractivity contribution in [2.24, 2.45) is 0 Å². The maximum atomic E-state index is 13.3. The number of phenols is 1. The monoisotopic (exact) mass is 358 g/mol. The van der Waals surface area contributed by atoms with Gasteiger partial charge < -0.3 is 9.67 Å². The molecular formula is C16H9Cl2F3NO. The number of aromatic hydroxyl groups is 1. The summed E-state index contributed by atoms with van der Waals surface area (Å²) >= 11 is 11.9. The molecule has 1 heterocycles. The van der Waals surface area contributed by atoms with Gasteiger partial charge in [-0.2, -0.15) is 13.2 Å². The highest BCUT2D eigenvalue weighted by atomic mass is 35.5. The molecule has 1 aromatic heterocycles. The fourth-order valence-electron chi connectivity index (χ4n) is 2.38. The van der Waals surface area contributed by atoms with Gasteiger partial charge in [-0.25, -0.2) is 0 Å². The second-order valence-corrected chi connectivity index (χ2v) is 5.84. The molecule has 0 saturated carbocycles. The SMILES string of the molecule is Oc1ccc2c([c]c(C(F)(F)F)n2Cc2ccc(Cl)cc2Cl)c1. The number of rotatable bonds is 2. The molecule has 2 nitrogen and oxygen atoms in total. The maximum absolute atomic E-state index is 13.3. The van der Waals surface area contributed by atoms with Gasteiger partial charge >= 0.3 is 6.18 Å². The molecule has 2 aromatic carbocycles. The second kappa shape index (κ2) is 5.65. The standard InChI is InChI=1S/C16H9Cl2F3NO/c17-11-2-1-9(13(18)7-11)8-22-14-4-3-12(23)5-10(14)6-15(22)16(19,20)21/h1-5,7,23H,8H2. The van der Waals surface area contributed by atoms with Crippen LogP contribution in [0.25, 0.3) is 10.9 Å². The first kappa shape index (κ1) is 16.0. The Balaban J connectivity index is 2.18. The van der Waals surface area contributed by atoms with E-state index in [1.54, 1.807) is 12.1 Å². The van der Waals surface area contributed by atoms with Crippen LogP contribution in [0.4, 0.5) is 13.2 Å².